The second-order valence-corrected chi connectivity index (χ2v) is 4.12. The Morgan fingerprint density at radius 3 is 2.92 bits per heavy atom. The second kappa shape index (κ2) is 6.39. The Hall–Kier alpha value is -0.0800. The Balaban J connectivity index is 2.00. The van der Waals surface area contributed by atoms with E-state index in [4.69, 9.17) is 4.74 Å². The molecule has 0 heterocycles. The van der Waals surface area contributed by atoms with Crippen molar-refractivity contribution in [3.05, 3.63) is 0 Å². The fraction of sp³-hybridized carbons (Fsp3) is 1.00. The zero-order valence-electron chi connectivity index (χ0n) is 9.01. The van der Waals surface area contributed by atoms with Gasteiger partial charge < -0.3 is 10.1 Å². The van der Waals surface area contributed by atoms with E-state index in [1.165, 1.54) is 25.7 Å². The number of rotatable bonds is 5. The number of ether oxygens (including phenoxy) is 1. The summed E-state index contributed by atoms with van der Waals surface area (Å²) in [6.45, 7) is 7.12. The van der Waals surface area contributed by atoms with Crippen LogP contribution < -0.4 is 5.32 Å². The van der Waals surface area contributed by atoms with Gasteiger partial charge in [-0.1, -0.05) is 19.8 Å². The van der Waals surface area contributed by atoms with E-state index in [1.807, 2.05) is 6.92 Å². The molecular formula is C11H23NO. The van der Waals surface area contributed by atoms with Crippen LogP contribution in [0.3, 0.4) is 0 Å². The van der Waals surface area contributed by atoms with E-state index in [1.54, 1.807) is 0 Å². The molecule has 0 aromatic rings. The predicted molar refractivity (Wildman–Crippen MR) is 55.9 cm³/mol. The predicted octanol–water partition coefficient (Wildman–Crippen LogP) is 2.19. The lowest BCUT2D eigenvalue weighted by Crippen LogP contribution is -2.35. The average molecular weight is 185 g/mol. The fourth-order valence-corrected chi connectivity index (χ4v) is 2.10. The van der Waals surface area contributed by atoms with Crippen LogP contribution in [0, 0.1) is 5.92 Å². The largest absolute Gasteiger partial charge is 0.380 e. The summed E-state index contributed by atoms with van der Waals surface area (Å²) >= 11 is 0. The Morgan fingerprint density at radius 2 is 2.23 bits per heavy atom. The van der Waals surface area contributed by atoms with Crippen molar-refractivity contribution < 1.29 is 4.74 Å². The van der Waals surface area contributed by atoms with Crippen LogP contribution in [-0.4, -0.2) is 25.8 Å². The van der Waals surface area contributed by atoms with E-state index < -0.39 is 0 Å². The quantitative estimate of drug-likeness (QED) is 0.663. The SMILES string of the molecule is CCOCCN[C@H]1CCC[C@H](C)C1. The summed E-state index contributed by atoms with van der Waals surface area (Å²) < 4.78 is 5.29. The molecule has 0 bridgehead atoms. The van der Waals surface area contributed by atoms with Crippen molar-refractivity contribution >= 4 is 0 Å². The maximum Gasteiger partial charge on any atom is 0.0590 e. The fourth-order valence-electron chi connectivity index (χ4n) is 2.10. The molecule has 2 heteroatoms. The van der Waals surface area contributed by atoms with Crippen LogP contribution in [-0.2, 0) is 4.74 Å². The lowest BCUT2D eigenvalue weighted by molar-refractivity contribution is 0.143. The molecule has 0 radical (unpaired) electrons. The Labute approximate surface area is 82.0 Å². The second-order valence-electron chi connectivity index (χ2n) is 4.12. The van der Waals surface area contributed by atoms with Crippen molar-refractivity contribution in [1.29, 1.82) is 0 Å². The molecule has 0 aromatic carbocycles. The van der Waals surface area contributed by atoms with E-state index in [9.17, 15) is 0 Å². The molecule has 0 spiro atoms. The molecule has 1 rings (SSSR count). The van der Waals surface area contributed by atoms with E-state index in [2.05, 4.69) is 12.2 Å². The molecular weight excluding hydrogens is 162 g/mol. The highest BCUT2D eigenvalue weighted by Crippen LogP contribution is 2.23. The van der Waals surface area contributed by atoms with E-state index >= 15 is 0 Å². The van der Waals surface area contributed by atoms with Gasteiger partial charge in [0, 0.05) is 19.2 Å². The molecule has 1 N–H and O–H groups in total. The molecule has 78 valence electrons. The van der Waals surface area contributed by atoms with Crippen molar-refractivity contribution in [2.24, 2.45) is 5.92 Å². The number of hydrogen-bond donors (Lipinski definition) is 1. The first-order valence-electron chi connectivity index (χ1n) is 5.64. The van der Waals surface area contributed by atoms with Gasteiger partial charge >= 0.3 is 0 Å². The Bertz CT molecular complexity index is 127. The summed E-state index contributed by atoms with van der Waals surface area (Å²) in [4.78, 5) is 0. The van der Waals surface area contributed by atoms with Crippen molar-refractivity contribution in [3.8, 4) is 0 Å². The van der Waals surface area contributed by atoms with Crippen LogP contribution in [0.5, 0.6) is 0 Å². The summed E-state index contributed by atoms with van der Waals surface area (Å²) in [5.74, 6) is 0.915. The van der Waals surface area contributed by atoms with Crippen LogP contribution in [0.2, 0.25) is 0 Å². The van der Waals surface area contributed by atoms with Gasteiger partial charge in [-0.2, -0.15) is 0 Å². The summed E-state index contributed by atoms with van der Waals surface area (Å²) in [7, 11) is 0. The lowest BCUT2D eigenvalue weighted by atomic mass is 9.87. The Kier molecular flexibility index (Phi) is 5.40. The van der Waals surface area contributed by atoms with Crippen molar-refractivity contribution in [1.82, 2.24) is 5.32 Å². The first-order valence-corrected chi connectivity index (χ1v) is 5.64. The number of hydrogen-bond acceptors (Lipinski definition) is 2. The highest BCUT2D eigenvalue weighted by Gasteiger charge is 2.17. The summed E-state index contributed by atoms with van der Waals surface area (Å²) in [6, 6.07) is 0.754. The third-order valence-electron chi connectivity index (χ3n) is 2.82. The van der Waals surface area contributed by atoms with Gasteiger partial charge in [0.1, 0.15) is 0 Å². The zero-order valence-corrected chi connectivity index (χ0v) is 9.01. The Morgan fingerprint density at radius 1 is 1.38 bits per heavy atom. The van der Waals surface area contributed by atoms with E-state index in [0.717, 1.165) is 31.7 Å². The topological polar surface area (TPSA) is 21.3 Å². The van der Waals surface area contributed by atoms with Gasteiger partial charge in [-0.05, 0) is 25.7 Å². The lowest BCUT2D eigenvalue weighted by Gasteiger charge is -2.27. The molecule has 2 atom stereocenters. The van der Waals surface area contributed by atoms with Crippen LogP contribution in [0.4, 0.5) is 0 Å². The molecule has 1 aliphatic carbocycles. The average Bonchev–Trinajstić information content (AvgIpc) is 2.13. The summed E-state index contributed by atoms with van der Waals surface area (Å²) in [5, 5.41) is 3.56. The molecule has 1 fully saturated rings. The maximum atomic E-state index is 5.29. The highest BCUT2D eigenvalue weighted by atomic mass is 16.5. The molecule has 0 aliphatic heterocycles. The molecule has 13 heavy (non-hydrogen) atoms. The van der Waals surface area contributed by atoms with Gasteiger partial charge in [0.25, 0.3) is 0 Å². The van der Waals surface area contributed by atoms with E-state index in [0.29, 0.717) is 0 Å². The van der Waals surface area contributed by atoms with Crippen molar-refractivity contribution in [2.45, 2.75) is 45.6 Å². The van der Waals surface area contributed by atoms with Crippen molar-refractivity contribution in [2.75, 3.05) is 19.8 Å². The summed E-state index contributed by atoms with van der Waals surface area (Å²) in [6.07, 6.45) is 5.53. The zero-order chi connectivity index (χ0) is 9.52. The van der Waals surface area contributed by atoms with E-state index in [-0.39, 0.29) is 0 Å². The third kappa shape index (κ3) is 4.63. The van der Waals surface area contributed by atoms with Crippen molar-refractivity contribution in [3.63, 3.8) is 0 Å². The molecule has 1 saturated carbocycles. The van der Waals surface area contributed by atoms with Crippen LogP contribution in [0.15, 0.2) is 0 Å². The van der Waals surface area contributed by atoms with Gasteiger partial charge in [-0.3, -0.25) is 0 Å². The minimum atomic E-state index is 0.754. The highest BCUT2D eigenvalue weighted by molar-refractivity contribution is 4.75. The van der Waals surface area contributed by atoms with Gasteiger partial charge in [-0.15, -0.1) is 0 Å². The van der Waals surface area contributed by atoms with Crippen LogP contribution >= 0.6 is 0 Å². The standard InChI is InChI=1S/C11H23NO/c1-3-13-8-7-12-11-6-4-5-10(2)9-11/h10-12H,3-9H2,1-2H3/t10-,11-/m0/s1. The van der Waals surface area contributed by atoms with Crippen LogP contribution in [0.1, 0.15) is 39.5 Å². The van der Waals surface area contributed by atoms with Gasteiger partial charge in [0.2, 0.25) is 0 Å². The number of nitrogens with one attached hydrogen (secondary N) is 1. The smallest absolute Gasteiger partial charge is 0.0590 e. The monoisotopic (exact) mass is 185 g/mol. The molecule has 2 nitrogen and oxygen atoms in total. The minimum Gasteiger partial charge on any atom is -0.380 e. The molecule has 0 amide bonds. The molecule has 1 aliphatic rings. The molecule has 0 saturated heterocycles. The molecule has 0 aromatic heterocycles. The van der Waals surface area contributed by atoms with Gasteiger partial charge in [-0.25, -0.2) is 0 Å². The third-order valence-corrected chi connectivity index (χ3v) is 2.82. The first kappa shape index (κ1) is 11.0. The maximum absolute atomic E-state index is 5.29. The summed E-state index contributed by atoms with van der Waals surface area (Å²) in [5.41, 5.74) is 0. The first-order chi connectivity index (χ1) is 6.33. The minimum absolute atomic E-state index is 0.754. The van der Waals surface area contributed by atoms with Gasteiger partial charge in [0.05, 0.1) is 6.61 Å². The normalized spacial score (nSPS) is 29.1. The van der Waals surface area contributed by atoms with Gasteiger partial charge in [0.15, 0.2) is 0 Å². The van der Waals surface area contributed by atoms with Crippen LogP contribution in [0.25, 0.3) is 0 Å². The molecule has 0 unspecified atom stereocenters.